The van der Waals surface area contributed by atoms with E-state index in [0.717, 1.165) is 11.3 Å². The van der Waals surface area contributed by atoms with Crippen LogP contribution in [0, 0.1) is 0 Å². The first-order chi connectivity index (χ1) is 8.06. The first-order valence-electron chi connectivity index (χ1n) is 5.13. The molecule has 0 saturated carbocycles. The van der Waals surface area contributed by atoms with Gasteiger partial charge in [-0.2, -0.15) is 0 Å². The topological polar surface area (TPSA) is 88.5 Å². The lowest BCUT2D eigenvalue weighted by Crippen LogP contribution is -2.09. The molecule has 0 unspecified atom stereocenters. The number of hydrogen-bond donors (Lipinski definition) is 2. The van der Waals surface area contributed by atoms with Crippen molar-refractivity contribution in [3.8, 4) is 0 Å². The van der Waals surface area contributed by atoms with Gasteiger partial charge < -0.3 is 15.2 Å². The maximum Gasteiger partial charge on any atom is 0.356 e. The molecule has 0 fully saturated rings. The van der Waals surface area contributed by atoms with E-state index in [1.165, 1.54) is 6.92 Å². The van der Waals surface area contributed by atoms with Crippen molar-refractivity contribution < 1.29 is 19.4 Å². The second-order valence-electron chi connectivity index (χ2n) is 3.18. The summed E-state index contributed by atoms with van der Waals surface area (Å²) in [7, 11) is 0. The minimum atomic E-state index is -1.19. The summed E-state index contributed by atoms with van der Waals surface area (Å²) in [4.78, 5) is 26.1. The number of Topliss-reactive ketones (excluding diaryl/α,β-unsaturated/α-hetero) is 1. The Morgan fingerprint density at radius 3 is 2.71 bits per heavy atom. The van der Waals surface area contributed by atoms with Crippen molar-refractivity contribution in [3.05, 3.63) is 10.6 Å². The molecule has 0 aliphatic rings. The van der Waals surface area contributed by atoms with Crippen LogP contribution < -0.4 is 5.32 Å². The smallest absolute Gasteiger partial charge is 0.356 e. The number of carbonyl (C=O) groups excluding carboxylic acids is 1. The Labute approximate surface area is 103 Å². The van der Waals surface area contributed by atoms with Crippen molar-refractivity contribution in [2.45, 2.75) is 13.8 Å². The van der Waals surface area contributed by atoms with Crippen molar-refractivity contribution >= 4 is 28.2 Å². The second kappa shape index (κ2) is 6.31. The number of carboxylic acid groups (broad SMARTS) is 1. The van der Waals surface area contributed by atoms with Crippen LogP contribution in [-0.2, 0) is 4.74 Å². The van der Waals surface area contributed by atoms with Crippen molar-refractivity contribution in [2.75, 3.05) is 25.1 Å². The minimum Gasteiger partial charge on any atom is -0.476 e. The molecule has 1 aromatic rings. The van der Waals surface area contributed by atoms with Gasteiger partial charge in [0.2, 0.25) is 0 Å². The third kappa shape index (κ3) is 3.79. The van der Waals surface area contributed by atoms with Crippen molar-refractivity contribution in [2.24, 2.45) is 0 Å². The maximum absolute atomic E-state index is 11.2. The molecule has 0 spiro atoms. The molecule has 6 nitrogen and oxygen atoms in total. The van der Waals surface area contributed by atoms with E-state index >= 15 is 0 Å². The summed E-state index contributed by atoms with van der Waals surface area (Å²) in [5.41, 5.74) is -0.193. The van der Waals surface area contributed by atoms with Gasteiger partial charge in [-0.3, -0.25) is 4.79 Å². The van der Waals surface area contributed by atoms with Crippen LogP contribution in [0.25, 0.3) is 0 Å². The molecule has 2 N–H and O–H groups in total. The Bertz CT molecular complexity index is 385. The number of thiazole rings is 1. The first kappa shape index (κ1) is 13.6. The third-order valence-electron chi connectivity index (χ3n) is 1.88. The molecule has 1 heterocycles. The van der Waals surface area contributed by atoms with Gasteiger partial charge in [0, 0.05) is 20.1 Å². The zero-order chi connectivity index (χ0) is 12.8. The number of rotatable bonds is 7. The summed E-state index contributed by atoms with van der Waals surface area (Å²) >= 11 is 1.05. The van der Waals surface area contributed by atoms with Gasteiger partial charge in [-0.25, -0.2) is 9.78 Å². The number of nitrogens with zero attached hydrogens (tertiary/aromatic N) is 1. The van der Waals surface area contributed by atoms with Crippen LogP contribution in [0.3, 0.4) is 0 Å². The number of nitrogens with one attached hydrogen (secondary N) is 1. The van der Waals surface area contributed by atoms with Crippen LogP contribution in [0.2, 0.25) is 0 Å². The van der Waals surface area contributed by atoms with E-state index in [0.29, 0.717) is 24.9 Å². The van der Waals surface area contributed by atoms with Gasteiger partial charge in [0.15, 0.2) is 16.6 Å². The highest BCUT2D eigenvalue weighted by atomic mass is 32.1. The van der Waals surface area contributed by atoms with Crippen LogP contribution in [0.4, 0.5) is 5.13 Å². The van der Waals surface area contributed by atoms with Crippen LogP contribution in [0.1, 0.15) is 34.0 Å². The van der Waals surface area contributed by atoms with E-state index in [-0.39, 0.29) is 16.4 Å². The SMILES string of the molecule is CCOCCNc1nc(C(=O)O)c(C(C)=O)s1. The molecule has 0 aliphatic carbocycles. The fourth-order valence-corrected chi connectivity index (χ4v) is 2.03. The standard InChI is InChI=1S/C10H14N2O4S/c1-3-16-5-4-11-10-12-7(9(14)15)8(17-10)6(2)13/h3-5H2,1-2H3,(H,11,12)(H,14,15). The predicted octanol–water partition coefficient (Wildman–Crippen LogP) is 1.49. The summed E-state index contributed by atoms with van der Waals surface area (Å²) in [5.74, 6) is -1.48. The van der Waals surface area contributed by atoms with Crippen LogP contribution in [0.5, 0.6) is 0 Å². The zero-order valence-corrected chi connectivity index (χ0v) is 10.5. The van der Waals surface area contributed by atoms with E-state index < -0.39 is 5.97 Å². The summed E-state index contributed by atoms with van der Waals surface area (Å²) in [6, 6.07) is 0. The van der Waals surface area contributed by atoms with Gasteiger partial charge >= 0.3 is 5.97 Å². The van der Waals surface area contributed by atoms with Gasteiger partial charge in [0.05, 0.1) is 6.61 Å². The summed E-state index contributed by atoms with van der Waals surface area (Å²) < 4.78 is 5.12. The Kier molecular flexibility index (Phi) is 5.05. The number of hydrogen-bond acceptors (Lipinski definition) is 6. The van der Waals surface area contributed by atoms with Crippen molar-refractivity contribution in [3.63, 3.8) is 0 Å². The summed E-state index contributed by atoms with van der Waals surface area (Å²) in [6.45, 7) is 4.87. The Balaban J connectivity index is 2.71. The van der Waals surface area contributed by atoms with Gasteiger partial charge in [-0.1, -0.05) is 11.3 Å². The number of aromatic nitrogens is 1. The highest BCUT2D eigenvalue weighted by molar-refractivity contribution is 7.17. The quantitative estimate of drug-likeness (QED) is 0.569. The number of carbonyl (C=O) groups is 2. The highest BCUT2D eigenvalue weighted by Gasteiger charge is 2.20. The van der Waals surface area contributed by atoms with E-state index in [1.807, 2.05) is 6.92 Å². The Morgan fingerprint density at radius 2 is 2.24 bits per heavy atom. The van der Waals surface area contributed by atoms with Crippen LogP contribution in [0.15, 0.2) is 0 Å². The van der Waals surface area contributed by atoms with E-state index in [9.17, 15) is 9.59 Å². The average molecular weight is 258 g/mol. The lowest BCUT2D eigenvalue weighted by molar-refractivity contribution is 0.0687. The summed E-state index contributed by atoms with van der Waals surface area (Å²) in [6.07, 6.45) is 0. The molecule has 1 rings (SSSR count). The lowest BCUT2D eigenvalue weighted by atomic mass is 10.3. The number of anilines is 1. The normalized spacial score (nSPS) is 10.2. The second-order valence-corrected chi connectivity index (χ2v) is 4.18. The van der Waals surface area contributed by atoms with Gasteiger partial charge in [-0.15, -0.1) is 0 Å². The Hall–Kier alpha value is -1.47. The fourth-order valence-electron chi connectivity index (χ4n) is 1.15. The van der Waals surface area contributed by atoms with Gasteiger partial charge in [-0.05, 0) is 6.92 Å². The van der Waals surface area contributed by atoms with E-state index in [4.69, 9.17) is 9.84 Å². The molecule has 0 saturated heterocycles. The third-order valence-corrected chi connectivity index (χ3v) is 2.99. The lowest BCUT2D eigenvalue weighted by Gasteiger charge is -2.01. The number of carboxylic acids is 1. The van der Waals surface area contributed by atoms with Crippen molar-refractivity contribution in [1.82, 2.24) is 4.98 Å². The molecule has 0 aromatic carbocycles. The molecule has 0 radical (unpaired) electrons. The van der Waals surface area contributed by atoms with Gasteiger partial charge in [0.25, 0.3) is 0 Å². The predicted molar refractivity (Wildman–Crippen MR) is 64.1 cm³/mol. The molecule has 0 amide bonds. The molecule has 1 aromatic heterocycles. The molecule has 0 atom stereocenters. The monoisotopic (exact) mass is 258 g/mol. The molecule has 0 bridgehead atoms. The maximum atomic E-state index is 11.2. The average Bonchev–Trinajstić information content (AvgIpc) is 2.69. The largest absolute Gasteiger partial charge is 0.476 e. The molecule has 17 heavy (non-hydrogen) atoms. The molecule has 0 aliphatic heterocycles. The molecule has 7 heteroatoms. The van der Waals surface area contributed by atoms with Crippen LogP contribution in [-0.4, -0.2) is 41.6 Å². The molecular formula is C10H14N2O4S. The number of aromatic carboxylic acids is 1. The minimum absolute atomic E-state index is 0.163. The van der Waals surface area contributed by atoms with E-state index in [2.05, 4.69) is 10.3 Å². The Morgan fingerprint density at radius 1 is 1.53 bits per heavy atom. The fraction of sp³-hybridized carbons (Fsp3) is 0.500. The first-order valence-corrected chi connectivity index (χ1v) is 5.94. The molecule has 94 valence electrons. The summed E-state index contributed by atoms with van der Waals surface area (Å²) in [5, 5.41) is 12.2. The zero-order valence-electron chi connectivity index (χ0n) is 9.65. The van der Waals surface area contributed by atoms with Crippen molar-refractivity contribution in [1.29, 1.82) is 0 Å². The number of ketones is 1. The van der Waals surface area contributed by atoms with Gasteiger partial charge in [0.1, 0.15) is 4.88 Å². The highest BCUT2D eigenvalue weighted by Crippen LogP contribution is 2.23. The number of ether oxygens (including phenoxy) is 1. The van der Waals surface area contributed by atoms with Crippen LogP contribution >= 0.6 is 11.3 Å². The van der Waals surface area contributed by atoms with E-state index in [1.54, 1.807) is 0 Å². The molecular weight excluding hydrogens is 244 g/mol.